The maximum atomic E-state index is 12.5. The number of nitrogens with zero attached hydrogens (tertiary/aromatic N) is 1. The van der Waals surface area contributed by atoms with Gasteiger partial charge in [0, 0.05) is 6.54 Å². The number of rotatable bonds is 8. The fourth-order valence-electron chi connectivity index (χ4n) is 2.64. The molecule has 126 valence electrons. The molecule has 0 spiro atoms. The van der Waals surface area contributed by atoms with Crippen molar-refractivity contribution < 1.29 is 18.7 Å². The molecule has 1 saturated heterocycles. The van der Waals surface area contributed by atoms with E-state index in [4.69, 9.17) is 9.15 Å². The summed E-state index contributed by atoms with van der Waals surface area (Å²) in [5.41, 5.74) is 0. The van der Waals surface area contributed by atoms with E-state index in [1.807, 2.05) is 0 Å². The Hall–Kier alpha value is -2.08. The van der Waals surface area contributed by atoms with Crippen LogP contribution in [0.5, 0.6) is 0 Å². The van der Waals surface area contributed by atoms with Crippen LogP contribution in [0.25, 0.3) is 0 Å². The number of ether oxygens (including phenoxy) is 1. The minimum Gasteiger partial charge on any atom is -0.467 e. The highest BCUT2D eigenvalue weighted by Gasteiger charge is 2.36. The smallest absolute Gasteiger partial charge is 0.252 e. The van der Waals surface area contributed by atoms with Crippen molar-refractivity contribution in [3.63, 3.8) is 0 Å². The number of furan rings is 1. The number of likely N-dealkylation sites (tertiary alicyclic amines) is 1. The first-order chi connectivity index (χ1) is 11.1. The van der Waals surface area contributed by atoms with Crippen molar-refractivity contribution in [2.24, 2.45) is 0 Å². The van der Waals surface area contributed by atoms with Gasteiger partial charge in [-0.1, -0.05) is 6.08 Å². The summed E-state index contributed by atoms with van der Waals surface area (Å²) >= 11 is 0. The van der Waals surface area contributed by atoms with Crippen LogP contribution in [0.1, 0.15) is 31.9 Å². The normalized spacial score (nSPS) is 18.7. The molecular formula is C17H24N2O4. The quantitative estimate of drug-likeness (QED) is 0.586. The van der Waals surface area contributed by atoms with Crippen LogP contribution < -0.4 is 5.32 Å². The lowest BCUT2D eigenvalue weighted by Crippen LogP contribution is -2.49. The van der Waals surface area contributed by atoms with Crippen molar-refractivity contribution >= 4 is 11.8 Å². The van der Waals surface area contributed by atoms with Gasteiger partial charge in [-0.3, -0.25) is 9.59 Å². The molecule has 2 amide bonds. The van der Waals surface area contributed by atoms with E-state index in [1.54, 1.807) is 36.3 Å². The molecule has 2 atom stereocenters. The van der Waals surface area contributed by atoms with Gasteiger partial charge in [0.1, 0.15) is 17.9 Å². The van der Waals surface area contributed by atoms with E-state index in [0.29, 0.717) is 38.3 Å². The molecule has 0 bridgehead atoms. The van der Waals surface area contributed by atoms with Crippen LogP contribution in [-0.4, -0.2) is 42.0 Å². The molecule has 1 fully saturated rings. The first-order valence-electron chi connectivity index (χ1n) is 7.96. The van der Waals surface area contributed by atoms with Gasteiger partial charge in [0.05, 0.1) is 19.4 Å². The Morgan fingerprint density at radius 2 is 2.43 bits per heavy atom. The SMILES string of the molecule is C=CCCOC(C)C(=O)N1CCCC1C(=O)NCc1ccco1. The average Bonchev–Trinajstić information content (AvgIpc) is 3.23. The third-order valence-electron chi connectivity index (χ3n) is 3.89. The number of amides is 2. The fraction of sp³-hybridized carbons (Fsp3) is 0.529. The van der Waals surface area contributed by atoms with Crippen molar-refractivity contribution in [3.8, 4) is 0 Å². The molecular weight excluding hydrogens is 296 g/mol. The summed E-state index contributed by atoms with van der Waals surface area (Å²) in [6, 6.07) is 3.14. The van der Waals surface area contributed by atoms with Gasteiger partial charge in [-0.25, -0.2) is 0 Å². The molecule has 2 unspecified atom stereocenters. The lowest BCUT2D eigenvalue weighted by molar-refractivity contribution is -0.147. The number of hydrogen-bond donors (Lipinski definition) is 1. The average molecular weight is 320 g/mol. The maximum absolute atomic E-state index is 12.5. The monoisotopic (exact) mass is 320 g/mol. The summed E-state index contributed by atoms with van der Waals surface area (Å²) in [5.74, 6) is 0.408. The Morgan fingerprint density at radius 3 is 3.13 bits per heavy atom. The van der Waals surface area contributed by atoms with Crippen molar-refractivity contribution in [2.45, 2.75) is 44.9 Å². The highest BCUT2D eigenvalue weighted by molar-refractivity contribution is 5.89. The van der Waals surface area contributed by atoms with Crippen LogP contribution in [0.4, 0.5) is 0 Å². The topological polar surface area (TPSA) is 71.8 Å². The summed E-state index contributed by atoms with van der Waals surface area (Å²) < 4.78 is 10.7. The fourth-order valence-corrected chi connectivity index (χ4v) is 2.64. The largest absolute Gasteiger partial charge is 0.467 e. The van der Waals surface area contributed by atoms with Gasteiger partial charge < -0.3 is 19.4 Å². The standard InChI is InChI=1S/C17H24N2O4/c1-3-4-10-22-13(2)17(21)19-9-5-8-15(19)16(20)18-12-14-7-6-11-23-14/h3,6-7,11,13,15H,1,4-5,8-10,12H2,2H3,(H,18,20). The summed E-state index contributed by atoms with van der Waals surface area (Å²) in [6.45, 7) is 6.72. The third kappa shape index (κ3) is 4.69. The Bertz CT molecular complexity index is 527. The van der Waals surface area contributed by atoms with Gasteiger partial charge in [-0.05, 0) is 38.3 Å². The van der Waals surface area contributed by atoms with E-state index >= 15 is 0 Å². The zero-order chi connectivity index (χ0) is 16.7. The Kier molecular flexibility index (Phi) is 6.40. The zero-order valence-corrected chi connectivity index (χ0v) is 13.5. The molecule has 23 heavy (non-hydrogen) atoms. The molecule has 1 aromatic rings. The molecule has 0 aromatic carbocycles. The van der Waals surface area contributed by atoms with Gasteiger partial charge in [-0.2, -0.15) is 0 Å². The number of carbonyl (C=O) groups excluding carboxylic acids is 2. The van der Waals surface area contributed by atoms with Crippen LogP contribution in [-0.2, 0) is 20.9 Å². The molecule has 0 aliphatic carbocycles. The van der Waals surface area contributed by atoms with Crippen molar-refractivity contribution in [3.05, 3.63) is 36.8 Å². The van der Waals surface area contributed by atoms with Crippen LogP contribution in [0.2, 0.25) is 0 Å². The van der Waals surface area contributed by atoms with Crippen LogP contribution in [0.3, 0.4) is 0 Å². The maximum Gasteiger partial charge on any atom is 0.252 e. The molecule has 2 heterocycles. The molecule has 6 nitrogen and oxygen atoms in total. The van der Waals surface area contributed by atoms with E-state index in [9.17, 15) is 9.59 Å². The van der Waals surface area contributed by atoms with Crippen molar-refractivity contribution in [1.82, 2.24) is 10.2 Å². The first-order valence-corrected chi connectivity index (χ1v) is 7.96. The van der Waals surface area contributed by atoms with Gasteiger partial charge in [0.15, 0.2) is 0 Å². The highest BCUT2D eigenvalue weighted by atomic mass is 16.5. The molecule has 1 aliphatic rings. The molecule has 1 N–H and O–H groups in total. The van der Waals surface area contributed by atoms with Crippen molar-refractivity contribution in [2.75, 3.05) is 13.2 Å². The summed E-state index contributed by atoms with van der Waals surface area (Å²) in [4.78, 5) is 26.4. The van der Waals surface area contributed by atoms with Gasteiger partial charge in [-0.15, -0.1) is 6.58 Å². The van der Waals surface area contributed by atoms with E-state index in [1.165, 1.54) is 0 Å². The van der Waals surface area contributed by atoms with E-state index < -0.39 is 12.1 Å². The zero-order valence-electron chi connectivity index (χ0n) is 13.5. The Labute approximate surface area is 136 Å². The third-order valence-corrected chi connectivity index (χ3v) is 3.89. The van der Waals surface area contributed by atoms with E-state index in [-0.39, 0.29) is 11.8 Å². The van der Waals surface area contributed by atoms with Crippen LogP contribution in [0, 0.1) is 0 Å². The van der Waals surface area contributed by atoms with Crippen molar-refractivity contribution in [1.29, 1.82) is 0 Å². The Morgan fingerprint density at radius 1 is 1.61 bits per heavy atom. The second-order valence-electron chi connectivity index (χ2n) is 5.58. The molecule has 0 saturated carbocycles. The molecule has 1 aromatic heterocycles. The first kappa shape index (κ1) is 17.3. The van der Waals surface area contributed by atoms with E-state index in [0.717, 1.165) is 6.42 Å². The van der Waals surface area contributed by atoms with Gasteiger partial charge >= 0.3 is 0 Å². The lowest BCUT2D eigenvalue weighted by atomic mass is 10.2. The summed E-state index contributed by atoms with van der Waals surface area (Å²) in [6.07, 6.45) is 4.96. The minimum absolute atomic E-state index is 0.135. The van der Waals surface area contributed by atoms with Crippen LogP contribution in [0.15, 0.2) is 35.5 Å². The number of nitrogens with one attached hydrogen (secondary N) is 1. The predicted octanol–water partition coefficient (Wildman–Crippen LogP) is 1.87. The number of carbonyl (C=O) groups is 2. The number of hydrogen-bond acceptors (Lipinski definition) is 4. The molecule has 2 rings (SSSR count). The van der Waals surface area contributed by atoms with Gasteiger partial charge in [0.2, 0.25) is 5.91 Å². The van der Waals surface area contributed by atoms with Crippen LogP contribution >= 0.6 is 0 Å². The summed E-state index contributed by atoms with van der Waals surface area (Å²) in [5, 5.41) is 2.82. The molecule has 1 aliphatic heterocycles. The Balaban J connectivity index is 1.86. The second kappa shape index (κ2) is 8.53. The second-order valence-corrected chi connectivity index (χ2v) is 5.58. The van der Waals surface area contributed by atoms with Gasteiger partial charge in [0.25, 0.3) is 5.91 Å². The lowest BCUT2D eigenvalue weighted by Gasteiger charge is -2.26. The molecule has 6 heteroatoms. The highest BCUT2D eigenvalue weighted by Crippen LogP contribution is 2.19. The van der Waals surface area contributed by atoms with E-state index in [2.05, 4.69) is 11.9 Å². The minimum atomic E-state index is -0.548. The predicted molar refractivity (Wildman–Crippen MR) is 85.5 cm³/mol. The molecule has 0 radical (unpaired) electrons. The summed E-state index contributed by atoms with van der Waals surface area (Å²) in [7, 11) is 0.